The number of fused-ring (bicyclic) bond motifs is 1. The van der Waals surface area contributed by atoms with Gasteiger partial charge < -0.3 is 0 Å². The first kappa shape index (κ1) is 10.3. The Morgan fingerprint density at radius 2 is 1.64 bits per heavy atom. The standard InChI is InChI=1S/C9H3Cl4N/c10-6-2-1-4-5(8(6)12)3-7(11)14-9(4)13/h1-3H. The van der Waals surface area contributed by atoms with Gasteiger partial charge in [-0.25, -0.2) is 4.98 Å². The first-order chi connectivity index (χ1) is 6.59. The summed E-state index contributed by atoms with van der Waals surface area (Å²) < 4.78 is 0. The van der Waals surface area contributed by atoms with E-state index in [0.29, 0.717) is 25.7 Å². The van der Waals surface area contributed by atoms with Crippen LogP contribution >= 0.6 is 46.4 Å². The summed E-state index contributed by atoms with van der Waals surface area (Å²) in [6.45, 7) is 0. The molecule has 14 heavy (non-hydrogen) atoms. The molecule has 0 radical (unpaired) electrons. The molecule has 0 amide bonds. The number of rotatable bonds is 0. The van der Waals surface area contributed by atoms with Crippen molar-refractivity contribution in [3.05, 3.63) is 38.6 Å². The minimum absolute atomic E-state index is 0.298. The summed E-state index contributed by atoms with van der Waals surface area (Å²) in [4.78, 5) is 3.90. The molecule has 1 aromatic heterocycles. The molecular weight excluding hydrogens is 264 g/mol. The normalized spacial score (nSPS) is 10.9. The zero-order valence-electron chi connectivity index (χ0n) is 6.69. The molecule has 0 aliphatic heterocycles. The summed E-state index contributed by atoms with van der Waals surface area (Å²) >= 11 is 23.5. The molecule has 1 heterocycles. The highest BCUT2D eigenvalue weighted by atomic mass is 35.5. The van der Waals surface area contributed by atoms with Gasteiger partial charge in [-0.1, -0.05) is 46.4 Å². The van der Waals surface area contributed by atoms with Gasteiger partial charge in [0.05, 0.1) is 10.0 Å². The fourth-order valence-electron chi connectivity index (χ4n) is 1.19. The van der Waals surface area contributed by atoms with Crippen molar-refractivity contribution in [1.82, 2.24) is 4.98 Å². The van der Waals surface area contributed by atoms with Crippen molar-refractivity contribution in [3.63, 3.8) is 0 Å². The van der Waals surface area contributed by atoms with Gasteiger partial charge in [0, 0.05) is 10.8 Å². The van der Waals surface area contributed by atoms with Gasteiger partial charge in [-0.3, -0.25) is 0 Å². The van der Waals surface area contributed by atoms with Crippen LogP contribution in [0.15, 0.2) is 18.2 Å². The molecule has 0 fully saturated rings. The Morgan fingerprint density at radius 3 is 2.36 bits per heavy atom. The molecule has 5 heteroatoms. The Balaban J connectivity index is 2.95. The molecule has 0 bridgehead atoms. The van der Waals surface area contributed by atoms with Gasteiger partial charge >= 0.3 is 0 Å². The van der Waals surface area contributed by atoms with E-state index < -0.39 is 0 Å². The van der Waals surface area contributed by atoms with Crippen LogP contribution in [0, 0.1) is 0 Å². The molecule has 0 atom stereocenters. The number of benzene rings is 1. The SMILES string of the molecule is Clc1cc2c(Cl)c(Cl)ccc2c(Cl)n1. The van der Waals surface area contributed by atoms with E-state index in [1.165, 1.54) is 0 Å². The molecule has 72 valence electrons. The molecule has 0 aliphatic carbocycles. The first-order valence-corrected chi connectivity index (χ1v) is 5.20. The van der Waals surface area contributed by atoms with Gasteiger partial charge in [-0.05, 0) is 18.2 Å². The number of nitrogens with zero attached hydrogens (tertiary/aromatic N) is 1. The van der Waals surface area contributed by atoms with Crippen LogP contribution in [0.5, 0.6) is 0 Å². The molecule has 1 aromatic carbocycles. The van der Waals surface area contributed by atoms with E-state index in [4.69, 9.17) is 46.4 Å². The van der Waals surface area contributed by atoms with E-state index in [-0.39, 0.29) is 0 Å². The Labute approximate surface area is 101 Å². The van der Waals surface area contributed by atoms with Gasteiger partial charge in [-0.15, -0.1) is 0 Å². The fraction of sp³-hybridized carbons (Fsp3) is 0. The molecule has 1 nitrogen and oxygen atoms in total. The molecule has 0 saturated carbocycles. The van der Waals surface area contributed by atoms with E-state index in [0.717, 1.165) is 5.39 Å². The zero-order valence-corrected chi connectivity index (χ0v) is 9.71. The Hall–Kier alpha value is -0.210. The lowest BCUT2D eigenvalue weighted by molar-refractivity contribution is 1.36. The number of halogens is 4. The van der Waals surface area contributed by atoms with Crippen molar-refractivity contribution in [2.24, 2.45) is 0 Å². The molecule has 0 aliphatic rings. The average Bonchev–Trinajstić information content (AvgIpc) is 2.12. The quantitative estimate of drug-likeness (QED) is 0.622. The van der Waals surface area contributed by atoms with Gasteiger partial charge in [0.1, 0.15) is 10.3 Å². The van der Waals surface area contributed by atoms with E-state index in [1.807, 2.05) is 0 Å². The molecule has 2 aromatic rings. The van der Waals surface area contributed by atoms with Crippen molar-refractivity contribution in [2.75, 3.05) is 0 Å². The highest BCUT2D eigenvalue weighted by Crippen LogP contribution is 2.34. The topological polar surface area (TPSA) is 12.9 Å². The summed E-state index contributed by atoms with van der Waals surface area (Å²) in [6.07, 6.45) is 0. The number of hydrogen-bond donors (Lipinski definition) is 0. The maximum atomic E-state index is 5.99. The largest absolute Gasteiger partial charge is 0.224 e. The summed E-state index contributed by atoms with van der Waals surface area (Å²) in [6, 6.07) is 5.07. The maximum Gasteiger partial charge on any atom is 0.138 e. The summed E-state index contributed by atoms with van der Waals surface area (Å²) in [5, 5.41) is 2.99. The predicted octanol–water partition coefficient (Wildman–Crippen LogP) is 4.85. The van der Waals surface area contributed by atoms with Crippen LogP contribution < -0.4 is 0 Å². The van der Waals surface area contributed by atoms with Gasteiger partial charge in [0.25, 0.3) is 0 Å². The minimum Gasteiger partial charge on any atom is -0.224 e. The highest BCUT2D eigenvalue weighted by molar-refractivity contribution is 6.46. The summed E-state index contributed by atoms with van der Waals surface area (Å²) in [5.41, 5.74) is 0. The van der Waals surface area contributed by atoms with Crippen molar-refractivity contribution < 1.29 is 0 Å². The molecular formula is C9H3Cl4N. The molecule has 0 spiro atoms. The highest BCUT2D eigenvalue weighted by Gasteiger charge is 2.08. The predicted molar refractivity (Wildman–Crippen MR) is 61.8 cm³/mol. The second-order valence-electron chi connectivity index (χ2n) is 2.69. The van der Waals surface area contributed by atoms with Crippen molar-refractivity contribution in [3.8, 4) is 0 Å². The number of hydrogen-bond acceptors (Lipinski definition) is 1. The number of aromatic nitrogens is 1. The average molecular weight is 267 g/mol. The third kappa shape index (κ3) is 1.66. The van der Waals surface area contributed by atoms with E-state index >= 15 is 0 Å². The number of pyridine rings is 1. The summed E-state index contributed by atoms with van der Waals surface area (Å²) in [5.74, 6) is 0. The van der Waals surface area contributed by atoms with Gasteiger partial charge in [0.15, 0.2) is 0 Å². The third-order valence-corrected chi connectivity index (χ3v) is 3.12. The van der Waals surface area contributed by atoms with Crippen molar-refractivity contribution in [2.45, 2.75) is 0 Å². The van der Waals surface area contributed by atoms with Crippen LogP contribution in [0.3, 0.4) is 0 Å². The van der Waals surface area contributed by atoms with Crippen molar-refractivity contribution in [1.29, 1.82) is 0 Å². The van der Waals surface area contributed by atoms with Crippen LogP contribution in [0.2, 0.25) is 20.4 Å². The lowest BCUT2D eigenvalue weighted by Crippen LogP contribution is -1.82. The van der Waals surface area contributed by atoms with E-state index in [9.17, 15) is 0 Å². The maximum absolute atomic E-state index is 5.99. The second-order valence-corrected chi connectivity index (χ2v) is 4.22. The fourth-order valence-corrected chi connectivity index (χ4v) is 2.07. The lowest BCUT2D eigenvalue weighted by Gasteiger charge is -2.04. The monoisotopic (exact) mass is 265 g/mol. The molecule has 0 saturated heterocycles. The smallest absolute Gasteiger partial charge is 0.138 e. The Morgan fingerprint density at radius 1 is 0.929 bits per heavy atom. The molecule has 0 unspecified atom stereocenters. The second kappa shape index (κ2) is 3.74. The van der Waals surface area contributed by atoms with Gasteiger partial charge in [-0.2, -0.15) is 0 Å². The van der Waals surface area contributed by atoms with Crippen molar-refractivity contribution >= 4 is 57.2 Å². The van der Waals surface area contributed by atoms with Crippen LogP contribution in [-0.4, -0.2) is 4.98 Å². The minimum atomic E-state index is 0.298. The Kier molecular flexibility index (Phi) is 2.76. The van der Waals surface area contributed by atoms with Gasteiger partial charge in [0.2, 0.25) is 0 Å². The third-order valence-electron chi connectivity index (χ3n) is 1.82. The summed E-state index contributed by atoms with van der Waals surface area (Å²) in [7, 11) is 0. The molecule has 2 rings (SSSR count). The lowest BCUT2D eigenvalue weighted by atomic mass is 10.2. The van der Waals surface area contributed by atoms with E-state index in [1.54, 1.807) is 18.2 Å². The zero-order chi connectivity index (χ0) is 10.3. The van der Waals surface area contributed by atoms with E-state index in [2.05, 4.69) is 4.98 Å². The van der Waals surface area contributed by atoms with Crippen LogP contribution in [-0.2, 0) is 0 Å². The van der Waals surface area contributed by atoms with Crippen LogP contribution in [0.1, 0.15) is 0 Å². The Bertz CT molecular complexity index is 510. The van der Waals surface area contributed by atoms with Crippen LogP contribution in [0.4, 0.5) is 0 Å². The molecule has 0 N–H and O–H groups in total. The first-order valence-electron chi connectivity index (χ1n) is 3.69. The van der Waals surface area contributed by atoms with Crippen LogP contribution in [0.25, 0.3) is 10.8 Å².